The maximum absolute atomic E-state index is 5.53. The summed E-state index contributed by atoms with van der Waals surface area (Å²) in [6, 6.07) is 5.92. The number of thiocarbonyl (C=S) groups is 1. The van der Waals surface area contributed by atoms with Crippen molar-refractivity contribution in [1.29, 1.82) is 0 Å². The first-order valence-electron chi connectivity index (χ1n) is 6.91. The molecule has 1 saturated heterocycles. The summed E-state index contributed by atoms with van der Waals surface area (Å²) >= 11 is 5.53. The van der Waals surface area contributed by atoms with E-state index in [9.17, 15) is 0 Å². The fourth-order valence-electron chi connectivity index (χ4n) is 2.18. The first kappa shape index (κ1) is 15.1. The highest BCUT2D eigenvalue weighted by molar-refractivity contribution is 7.80. The van der Waals surface area contributed by atoms with Crippen molar-refractivity contribution >= 4 is 17.2 Å². The standard InChI is InChI=1S/C15H21N3OS/c1-2-5-13(14-6-3-4-7-16-14)15(20)17-12-18-8-10-19-11-9-18/h2-4,6-7,13H,1,5,8-12H2,(H,17,20). The molecule has 0 saturated carbocycles. The zero-order valence-electron chi connectivity index (χ0n) is 11.6. The van der Waals surface area contributed by atoms with Crippen molar-refractivity contribution in [1.82, 2.24) is 15.2 Å². The van der Waals surface area contributed by atoms with Crippen LogP contribution in [0.2, 0.25) is 0 Å². The van der Waals surface area contributed by atoms with E-state index in [0.29, 0.717) is 0 Å². The number of nitrogens with one attached hydrogen (secondary N) is 1. The molecule has 0 amide bonds. The molecule has 2 heterocycles. The average Bonchev–Trinajstić information content (AvgIpc) is 2.52. The second-order valence-electron chi connectivity index (χ2n) is 4.76. The number of morpholine rings is 1. The fourth-order valence-corrected chi connectivity index (χ4v) is 2.46. The highest BCUT2D eigenvalue weighted by Gasteiger charge is 2.18. The van der Waals surface area contributed by atoms with Gasteiger partial charge in [-0.3, -0.25) is 9.88 Å². The van der Waals surface area contributed by atoms with Crippen LogP contribution in [-0.4, -0.2) is 47.8 Å². The predicted octanol–water partition coefficient (Wildman–Crippen LogP) is 1.95. The Kier molecular flexibility index (Phi) is 6.11. The monoisotopic (exact) mass is 291 g/mol. The van der Waals surface area contributed by atoms with E-state index in [1.165, 1.54) is 0 Å². The van der Waals surface area contributed by atoms with Crippen LogP contribution < -0.4 is 5.32 Å². The van der Waals surface area contributed by atoms with Crippen molar-refractivity contribution in [3.05, 3.63) is 42.7 Å². The number of ether oxygens (including phenoxy) is 1. The molecule has 1 unspecified atom stereocenters. The molecular formula is C15H21N3OS. The van der Waals surface area contributed by atoms with E-state index in [2.05, 4.69) is 21.8 Å². The molecular weight excluding hydrogens is 270 g/mol. The van der Waals surface area contributed by atoms with Crippen molar-refractivity contribution in [2.45, 2.75) is 12.3 Å². The van der Waals surface area contributed by atoms with E-state index in [4.69, 9.17) is 17.0 Å². The van der Waals surface area contributed by atoms with Gasteiger partial charge in [-0.05, 0) is 18.6 Å². The zero-order chi connectivity index (χ0) is 14.2. The van der Waals surface area contributed by atoms with Crippen molar-refractivity contribution in [2.75, 3.05) is 33.0 Å². The van der Waals surface area contributed by atoms with Gasteiger partial charge in [-0.15, -0.1) is 6.58 Å². The van der Waals surface area contributed by atoms with Gasteiger partial charge in [0.2, 0.25) is 0 Å². The molecule has 1 N–H and O–H groups in total. The number of rotatable bonds is 6. The third-order valence-electron chi connectivity index (χ3n) is 3.34. The Bertz CT molecular complexity index is 432. The predicted molar refractivity (Wildman–Crippen MR) is 84.8 cm³/mol. The molecule has 1 aliphatic heterocycles. The summed E-state index contributed by atoms with van der Waals surface area (Å²) in [6.07, 6.45) is 4.49. The minimum atomic E-state index is 0.102. The Labute approximate surface area is 125 Å². The minimum absolute atomic E-state index is 0.102. The smallest absolute Gasteiger partial charge is 0.0858 e. The van der Waals surface area contributed by atoms with Crippen molar-refractivity contribution in [2.24, 2.45) is 0 Å². The van der Waals surface area contributed by atoms with Crippen molar-refractivity contribution < 1.29 is 4.74 Å². The van der Waals surface area contributed by atoms with Gasteiger partial charge >= 0.3 is 0 Å². The molecule has 0 aliphatic carbocycles. The maximum atomic E-state index is 5.53. The average molecular weight is 291 g/mol. The lowest BCUT2D eigenvalue weighted by molar-refractivity contribution is 0.0366. The molecule has 0 spiro atoms. The van der Waals surface area contributed by atoms with Gasteiger partial charge in [0.05, 0.1) is 36.5 Å². The Balaban J connectivity index is 1.91. The summed E-state index contributed by atoms with van der Waals surface area (Å²) in [4.78, 5) is 7.54. The summed E-state index contributed by atoms with van der Waals surface area (Å²) in [7, 11) is 0. The highest BCUT2D eigenvalue weighted by atomic mass is 32.1. The first-order valence-corrected chi connectivity index (χ1v) is 7.31. The van der Waals surface area contributed by atoms with E-state index in [-0.39, 0.29) is 5.92 Å². The lowest BCUT2D eigenvalue weighted by atomic mass is 10.0. The maximum Gasteiger partial charge on any atom is 0.0858 e. The van der Waals surface area contributed by atoms with Gasteiger partial charge in [0.1, 0.15) is 0 Å². The normalized spacial score (nSPS) is 17.4. The molecule has 1 aromatic heterocycles. The Morgan fingerprint density at radius 1 is 1.50 bits per heavy atom. The lowest BCUT2D eigenvalue weighted by Gasteiger charge is -2.28. The van der Waals surface area contributed by atoms with Crippen LogP contribution in [0.4, 0.5) is 0 Å². The third kappa shape index (κ3) is 4.37. The molecule has 4 nitrogen and oxygen atoms in total. The van der Waals surface area contributed by atoms with Crippen LogP contribution in [0.15, 0.2) is 37.1 Å². The minimum Gasteiger partial charge on any atom is -0.379 e. The van der Waals surface area contributed by atoms with Crippen LogP contribution in [0.3, 0.4) is 0 Å². The van der Waals surface area contributed by atoms with Gasteiger partial charge in [-0.2, -0.15) is 0 Å². The van der Waals surface area contributed by atoms with Crippen molar-refractivity contribution in [3.63, 3.8) is 0 Å². The zero-order valence-corrected chi connectivity index (χ0v) is 12.4. The van der Waals surface area contributed by atoms with E-state index < -0.39 is 0 Å². The highest BCUT2D eigenvalue weighted by Crippen LogP contribution is 2.19. The van der Waals surface area contributed by atoms with E-state index in [0.717, 1.165) is 50.1 Å². The number of hydrogen-bond donors (Lipinski definition) is 1. The molecule has 20 heavy (non-hydrogen) atoms. The quantitative estimate of drug-likeness (QED) is 0.640. The summed E-state index contributed by atoms with van der Waals surface area (Å²) in [5.74, 6) is 0.102. The lowest BCUT2D eigenvalue weighted by Crippen LogP contribution is -2.44. The molecule has 1 aromatic rings. The van der Waals surface area contributed by atoms with Gasteiger partial charge < -0.3 is 10.1 Å². The van der Waals surface area contributed by atoms with Gasteiger partial charge in [-0.25, -0.2) is 0 Å². The summed E-state index contributed by atoms with van der Waals surface area (Å²) in [5, 5.41) is 3.35. The first-order chi connectivity index (χ1) is 9.81. The summed E-state index contributed by atoms with van der Waals surface area (Å²) in [5.41, 5.74) is 0.992. The largest absolute Gasteiger partial charge is 0.379 e. The Hall–Kier alpha value is -1.30. The molecule has 5 heteroatoms. The van der Waals surface area contributed by atoms with Crippen LogP contribution in [0, 0.1) is 0 Å². The van der Waals surface area contributed by atoms with Crippen LogP contribution in [0.5, 0.6) is 0 Å². The van der Waals surface area contributed by atoms with Crippen LogP contribution in [0.25, 0.3) is 0 Å². The Morgan fingerprint density at radius 3 is 2.95 bits per heavy atom. The molecule has 108 valence electrons. The molecule has 2 rings (SSSR count). The van der Waals surface area contributed by atoms with Crippen molar-refractivity contribution in [3.8, 4) is 0 Å². The molecule has 0 aromatic carbocycles. The summed E-state index contributed by atoms with van der Waals surface area (Å²) < 4.78 is 5.34. The molecule has 0 radical (unpaired) electrons. The molecule has 1 atom stereocenters. The van der Waals surface area contributed by atoms with E-state index >= 15 is 0 Å². The van der Waals surface area contributed by atoms with Gasteiger partial charge in [0.25, 0.3) is 0 Å². The third-order valence-corrected chi connectivity index (χ3v) is 3.77. The molecule has 0 bridgehead atoms. The van der Waals surface area contributed by atoms with E-state index in [1.54, 1.807) is 6.20 Å². The van der Waals surface area contributed by atoms with Gasteiger partial charge in [0.15, 0.2) is 0 Å². The number of aromatic nitrogens is 1. The molecule has 1 aliphatic rings. The van der Waals surface area contributed by atoms with E-state index in [1.807, 2.05) is 24.3 Å². The summed E-state index contributed by atoms with van der Waals surface area (Å²) in [6.45, 7) is 8.08. The molecule has 1 fully saturated rings. The van der Waals surface area contributed by atoms with Gasteiger partial charge in [0, 0.05) is 19.3 Å². The second-order valence-corrected chi connectivity index (χ2v) is 5.20. The number of allylic oxidation sites excluding steroid dienone is 1. The SMILES string of the molecule is C=CCC(C(=S)NCN1CCOCC1)c1ccccn1. The number of nitrogens with zero attached hydrogens (tertiary/aromatic N) is 2. The number of hydrogen-bond acceptors (Lipinski definition) is 4. The van der Waals surface area contributed by atoms with Crippen LogP contribution >= 0.6 is 12.2 Å². The van der Waals surface area contributed by atoms with Gasteiger partial charge in [-0.1, -0.05) is 24.4 Å². The second kappa shape index (κ2) is 8.09. The van der Waals surface area contributed by atoms with Crippen LogP contribution in [-0.2, 0) is 4.74 Å². The van der Waals surface area contributed by atoms with Crippen LogP contribution in [0.1, 0.15) is 18.0 Å². The topological polar surface area (TPSA) is 37.4 Å². The fraction of sp³-hybridized carbons (Fsp3) is 0.467. The Morgan fingerprint density at radius 2 is 2.30 bits per heavy atom. The number of pyridine rings is 1.